The Morgan fingerprint density at radius 2 is 1.96 bits per heavy atom. The van der Waals surface area contributed by atoms with Crippen molar-refractivity contribution in [3.8, 4) is 0 Å². The van der Waals surface area contributed by atoms with Crippen LogP contribution in [0.15, 0.2) is 39.6 Å². The number of nitrogens with one attached hydrogen (secondary N) is 3. The van der Waals surface area contributed by atoms with Gasteiger partial charge in [0.2, 0.25) is 0 Å². The number of hydrazine groups is 1. The van der Waals surface area contributed by atoms with Gasteiger partial charge in [0, 0.05) is 22.2 Å². The lowest BCUT2D eigenvalue weighted by Gasteiger charge is -2.11. The van der Waals surface area contributed by atoms with Gasteiger partial charge in [-0.3, -0.25) is 15.6 Å². The first-order valence-corrected chi connectivity index (χ1v) is 9.02. The third-order valence-corrected chi connectivity index (χ3v) is 4.56. The van der Waals surface area contributed by atoms with Crippen LogP contribution >= 0.6 is 35.6 Å². The summed E-state index contributed by atoms with van der Waals surface area (Å²) in [6.45, 7) is 4.20. The zero-order chi connectivity index (χ0) is 17.5. The van der Waals surface area contributed by atoms with Crippen molar-refractivity contribution >= 4 is 46.6 Å². The van der Waals surface area contributed by atoms with Crippen LogP contribution in [0.4, 0.5) is 0 Å². The fourth-order valence-corrected chi connectivity index (χ4v) is 2.99. The van der Waals surface area contributed by atoms with Crippen molar-refractivity contribution in [2.75, 3.05) is 12.3 Å². The maximum atomic E-state index is 12.0. The topological polar surface area (TPSA) is 66.3 Å². The molecule has 128 valence electrons. The fourth-order valence-electron chi connectivity index (χ4n) is 1.95. The van der Waals surface area contributed by atoms with Crippen molar-refractivity contribution in [1.29, 1.82) is 0 Å². The molecule has 0 bridgehead atoms. The highest BCUT2D eigenvalue weighted by Gasteiger charge is 2.13. The average molecular weight is 384 g/mol. The summed E-state index contributed by atoms with van der Waals surface area (Å²) in [5.41, 5.74) is 5.71. The molecule has 24 heavy (non-hydrogen) atoms. The first-order valence-electron chi connectivity index (χ1n) is 7.25. The summed E-state index contributed by atoms with van der Waals surface area (Å²) >= 11 is 12.7. The molecule has 1 amide bonds. The van der Waals surface area contributed by atoms with E-state index in [9.17, 15) is 4.79 Å². The number of halogens is 1. The third kappa shape index (κ3) is 5.74. The minimum Gasteiger partial charge on any atom is -0.466 e. The molecule has 5 nitrogen and oxygen atoms in total. The zero-order valence-electron chi connectivity index (χ0n) is 13.3. The van der Waals surface area contributed by atoms with Crippen molar-refractivity contribution < 1.29 is 9.21 Å². The van der Waals surface area contributed by atoms with Gasteiger partial charge in [-0.2, -0.15) is 0 Å². The second-order valence-corrected chi connectivity index (χ2v) is 6.98. The number of aryl methyl sites for hydroxylation is 2. The molecule has 1 aromatic heterocycles. The van der Waals surface area contributed by atoms with Crippen LogP contribution in [0, 0.1) is 13.8 Å². The molecule has 0 atom stereocenters. The maximum Gasteiger partial charge on any atom is 0.273 e. The fraction of sp³-hybridized carbons (Fsp3) is 0.250. The Bertz CT molecular complexity index is 717. The number of amides is 1. The SMILES string of the molecule is Cc1cc(C(=O)NNC(=S)NCCSc2ccc(Cl)cc2)c(C)o1. The van der Waals surface area contributed by atoms with Crippen LogP contribution in [-0.4, -0.2) is 23.3 Å². The van der Waals surface area contributed by atoms with E-state index in [-0.39, 0.29) is 5.91 Å². The highest BCUT2D eigenvalue weighted by molar-refractivity contribution is 7.99. The molecule has 0 saturated carbocycles. The van der Waals surface area contributed by atoms with E-state index < -0.39 is 0 Å². The third-order valence-electron chi connectivity index (χ3n) is 3.05. The minimum atomic E-state index is -0.288. The van der Waals surface area contributed by atoms with Crippen LogP contribution in [0.25, 0.3) is 0 Å². The van der Waals surface area contributed by atoms with E-state index in [2.05, 4.69) is 16.2 Å². The first-order chi connectivity index (χ1) is 11.5. The molecule has 0 fully saturated rings. The van der Waals surface area contributed by atoms with Gasteiger partial charge in [0.25, 0.3) is 5.91 Å². The number of carbonyl (C=O) groups is 1. The number of thiocarbonyl (C=S) groups is 1. The van der Waals surface area contributed by atoms with Crippen molar-refractivity contribution in [3.05, 3.63) is 52.4 Å². The average Bonchev–Trinajstić information content (AvgIpc) is 2.89. The van der Waals surface area contributed by atoms with Gasteiger partial charge in [0.05, 0.1) is 5.56 Å². The lowest BCUT2D eigenvalue weighted by molar-refractivity contribution is 0.0942. The molecule has 0 spiro atoms. The Hall–Kier alpha value is -1.70. The normalized spacial score (nSPS) is 10.3. The van der Waals surface area contributed by atoms with E-state index in [1.807, 2.05) is 24.3 Å². The monoisotopic (exact) mass is 383 g/mol. The Kier molecular flexibility index (Phi) is 6.96. The summed E-state index contributed by atoms with van der Waals surface area (Å²) in [5, 5.41) is 4.11. The number of furan rings is 1. The predicted molar refractivity (Wildman–Crippen MR) is 102 cm³/mol. The molecule has 1 aromatic carbocycles. The van der Waals surface area contributed by atoms with E-state index in [0.29, 0.717) is 28.7 Å². The number of thioether (sulfide) groups is 1. The number of hydrogen-bond acceptors (Lipinski definition) is 4. The molecular weight excluding hydrogens is 366 g/mol. The Morgan fingerprint density at radius 3 is 2.58 bits per heavy atom. The molecule has 2 aromatic rings. The van der Waals surface area contributed by atoms with Crippen molar-refractivity contribution in [1.82, 2.24) is 16.2 Å². The maximum absolute atomic E-state index is 12.0. The molecular formula is C16H18ClN3O2S2. The van der Waals surface area contributed by atoms with Gasteiger partial charge in [0.1, 0.15) is 11.5 Å². The van der Waals surface area contributed by atoms with Gasteiger partial charge in [-0.15, -0.1) is 11.8 Å². The van der Waals surface area contributed by atoms with Crippen LogP contribution in [0.5, 0.6) is 0 Å². The molecule has 2 rings (SSSR count). The highest BCUT2D eigenvalue weighted by atomic mass is 35.5. The summed E-state index contributed by atoms with van der Waals surface area (Å²) in [6, 6.07) is 9.35. The van der Waals surface area contributed by atoms with E-state index in [1.165, 1.54) is 0 Å². The van der Waals surface area contributed by atoms with E-state index in [4.69, 9.17) is 28.2 Å². The second kappa shape index (κ2) is 8.96. The first kappa shape index (κ1) is 18.6. The Morgan fingerprint density at radius 1 is 1.25 bits per heavy atom. The van der Waals surface area contributed by atoms with E-state index >= 15 is 0 Å². The summed E-state index contributed by atoms with van der Waals surface area (Å²) in [7, 11) is 0. The molecule has 3 N–H and O–H groups in total. The van der Waals surface area contributed by atoms with Crippen molar-refractivity contribution in [2.24, 2.45) is 0 Å². The van der Waals surface area contributed by atoms with Gasteiger partial charge in [0.15, 0.2) is 5.11 Å². The van der Waals surface area contributed by atoms with Crippen molar-refractivity contribution in [3.63, 3.8) is 0 Å². The van der Waals surface area contributed by atoms with Crippen LogP contribution < -0.4 is 16.2 Å². The summed E-state index contributed by atoms with van der Waals surface area (Å²) in [5.74, 6) is 1.81. The highest BCUT2D eigenvalue weighted by Crippen LogP contribution is 2.19. The van der Waals surface area contributed by atoms with Gasteiger partial charge in [-0.25, -0.2) is 0 Å². The summed E-state index contributed by atoms with van der Waals surface area (Å²) < 4.78 is 5.32. The van der Waals surface area contributed by atoms with E-state index in [0.717, 1.165) is 15.7 Å². The smallest absolute Gasteiger partial charge is 0.273 e. The number of hydrogen-bond donors (Lipinski definition) is 3. The number of carbonyl (C=O) groups excluding carboxylic acids is 1. The molecule has 0 aliphatic carbocycles. The predicted octanol–water partition coefficient (Wildman–Crippen LogP) is 3.45. The largest absolute Gasteiger partial charge is 0.466 e. The molecule has 8 heteroatoms. The van der Waals surface area contributed by atoms with Crippen LogP contribution in [0.1, 0.15) is 21.9 Å². The number of benzene rings is 1. The molecule has 0 unspecified atom stereocenters. The van der Waals surface area contributed by atoms with Crippen molar-refractivity contribution in [2.45, 2.75) is 18.7 Å². The van der Waals surface area contributed by atoms with Crippen LogP contribution in [-0.2, 0) is 0 Å². The Balaban J connectivity index is 1.65. The van der Waals surface area contributed by atoms with Crippen LogP contribution in [0.2, 0.25) is 5.02 Å². The Labute approximate surface area is 155 Å². The second-order valence-electron chi connectivity index (χ2n) is 4.96. The molecule has 0 aliphatic heterocycles. The lowest BCUT2D eigenvalue weighted by atomic mass is 10.2. The molecule has 0 radical (unpaired) electrons. The van der Waals surface area contributed by atoms with Gasteiger partial charge >= 0.3 is 0 Å². The zero-order valence-corrected chi connectivity index (χ0v) is 15.7. The van der Waals surface area contributed by atoms with E-state index in [1.54, 1.807) is 31.7 Å². The minimum absolute atomic E-state index is 0.288. The number of rotatable bonds is 5. The van der Waals surface area contributed by atoms with Gasteiger partial charge < -0.3 is 9.73 Å². The standard InChI is InChI=1S/C16H18ClN3O2S2/c1-10-9-14(11(2)22-10)15(21)19-20-16(23)18-7-8-24-13-5-3-12(17)4-6-13/h3-6,9H,7-8H2,1-2H3,(H,19,21)(H2,18,20,23). The quantitative estimate of drug-likeness (QED) is 0.318. The lowest BCUT2D eigenvalue weighted by Crippen LogP contribution is -2.47. The van der Waals surface area contributed by atoms with Gasteiger partial charge in [-0.1, -0.05) is 11.6 Å². The van der Waals surface area contributed by atoms with Crippen LogP contribution in [0.3, 0.4) is 0 Å². The molecule has 0 aliphatic rings. The molecule has 0 saturated heterocycles. The van der Waals surface area contributed by atoms with Gasteiger partial charge in [-0.05, 0) is 56.4 Å². The molecule has 1 heterocycles. The summed E-state index contributed by atoms with van der Waals surface area (Å²) in [6.07, 6.45) is 0. The summed E-state index contributed by atoms with van der Waals surface area (Å²) in [4.78, 5) is 13.1.